The van der Waals surface area contributed by atoms with Crippen LogP contribution in [0.25, 0.3) is 0 Å². The third kappa shape index (κ3) is 12.5. The van der Waals surface area contributed by atoms with Crippen molar-refractivity contribution in [2.45, 2.75) is 73.1 Å². The highest BCUT2D eigenvalue weighted by atomic mass is 79.9. The second kappa shape index (κ2) is 15.0. The molecule has 1 aromatic carbocycles. The van der Waals surface area contributed by atoms with Crippen molar-refractivity contribution in [3.63, 3.8) is 0 Å². The molecule has 0 fully saturated rings. The van der Waals surface area contributed by atoms with Crippen LogP contribution in [0.3, 0.4) is 0 Å². The van der Waals surface area contributed by atoms with Gasteiger partial charge in [0.25, 0.3) is 0 Å². The van der Waals surface area contributed by atoms with Gasteiger partial charge in [-0.3, -0.25) is 0 Å². The van der Waals surface area contributed by atoms with Gasteiger partial charge in [0.1, 0.15) is 0 Å². The van der Waals surface area contributed by atoms with Gasteiger partial charge >= 0.3 is 0 Å². The van der Waals surface area contributed by atoms with E-state index in [4.69, 9.17) is 0 Å². The summed E-state index contributed by atoms with van der Waals surface area (Å²) in [6.07, 6.45) is 17.7. The van der Waals surface area contributed by atoms with E-state index in [-0.39, 0.29) is 6.62 Å². The zero-order valence-corrected chi connectivity index (χ0v) is 21.0. The van der Waals surface area contributed by atoms with Crippen LogP contribution >= 0.6 is 22.1 Å². The molecule has 0 spiro atoms. The van der Waals surface area contributed by atoms with E-state index in [0.29, 0.717) is 0 Å². The highest BCUT2D eigenvalue weighted by Crippen LogP contribution is 2.43. The third-order valence-corrected chi connectivity index (χ3v) is 8.25. The lowest BCUT2D eigenvalue weighted by atomic mass is 10.0. The van der Waals surface area contributed by atoms with E-state index in [1.54, 1.807) is 0 Å². The standard InChI is InChI=1S/C26H38BrP/c1-22(2)12-9-13-23(3)14-10-15-24(4)16-11-17-25(5)20-21-28(27)26-18-7-6-8-19-26/h6-8,12,14,16,18-20H,9-11,13,15,17,21H2,1-5H3/b23-14+,24-16+,25-20+. The molecule has 1 aromatic rings. The molecule has 1 atom stereocenters. The minimum Gasteiger partial charge on any atom is -0.0856 e. The molecule has 0 aliphatic heterocycles. The molecule has 1 unspecified atom stereocenters. The Morgan fingerprint density at radius 3 is 1.68 bits per heavy atom. The summed E-state index contributed by atoms with van der Waals surface area (Å²) >= 11 is 3.87. The molecule has 0 amide bonds. The van der Waals surface area contributed by atoms with Crippen LogP contribution in [0.2, 0.25) is 0 Å². The van der Waals surface area contributed by atoms with Crippen molar-refractivity contribution in [3.05, 3.63) is 76.9 Å². The minimum atomic E-state index is -0.248. The molecule has 0 N–H and O–H groups in total. The maximum atomic E-state index is 3.87. The van der Waals surface area contributed by atoms with Gasteiger partial charge in [-0.25, -0.2) is 0 Å². The molecule has 28 heavy (non-hydrogen) atoms. The van der Waals surface area contributed by atoms with Gasteiger partial charge in [0.2, 0.25) is 0 Å². The van der Waals surface area contributed by atoms with E-state index in [9.17, 15) is 0 Å². The summed E-state index contributed by atoms with van der Waals surface area (Å²) in [5.74, 6) is 0. The quantitative estimate of drug-likeness (QED) is 0.215. The monoisotopic (exact) mass is 460 g/mol. The Morgan fingerprint density at radius 2 is 1.18 bits per heavy atom. The Hall–Kier alpha value is -0.910. The fourth-order valence-corrected chi connectivity index (χ4v) is 5.24. The van der Waals surface area contributed by atoms with Crippen molar-refractivity contribution in [1.29, 1.82) is 0 Å². The Morgan fingerprint density at radius 1 is 0.714 bits per heavy atom. The summed E-state index contributed by atoms with van der Waals surface area (Å²) in [4.78, 5) is 0. The smallest absolute Gasteiger partial charge is 0.000317 e. The van der Waals surface area contributed by atoms with Crippen LogP contribution in [-0.4, -0.2) is 6.16 Å². The topological polar surface area (TPSA) is 0 Å². The molecule has 0 saturated heterocycles. The van der Waals surface area contributed by atoms with Gasteiger partial charge in [0.05, 0.1) is 0 Å². The van der Waals surface area contributed by atoms with Crippen LogP contribution in [0.4, 0.5) is 0 Å². The highest BCUT2D eigenvalue weighted by Gasteiger charge is 2.04. The highest BCUT2D eigenvalue weighted by molar-refractivity contribution is 9.40. The van der Waals surface area contributed by atoms with Gasteiger partial charge in [-0.2, -0.15) is 0 Å². The van der Waals surface area contributed by atoms with E-state index >= 15 is 0 Å². The van der Waals surface area contributed by atoms with Crippen LogP contribution in [0.15, 0.2) is 76.9 Å². The average molecular weight is 461 g/mol. The van der Waals surface area contributed by atoms with Crippen molar-refractivity contribution in [2.75, 3.05) is 6.16 Å². The predicted octanol–water partition coefficient (Wildman–Crippen LogP) is 9.25. The van der Waals surface area contributed by atoms with Crippen LogP contribution in [-0.2, 0) is 0 Å². The first-order chi connectivity index (χ1) is 13.4. The van der Waals surface area contributed by atoms with Gasteiger partial charge in [0, 0.05) is 0 Å². The summed E-state index contributed by atoms with van der Waals surface area (Å²) in [7, 11) is 0. The van der Waals surface area contributed by atoms with Crippen LogP contribution in [0.1, 0.15) is 73.1 Å². The summed E-state index contributed by atoms with van der Waals surface area (Å²) < 4.78 is 0. The van der Waals surface area contributed by atoms with Crippen molar-refractivity contribution in [3.8, 4) is 0 Å². The first-order valence-corrected chi connectivity index (χ1v) is 14.0. The molecule has 154 valence electrons. The van der Waals surface area contributed by atoms with E-state index in [1.807, 2.05) is 0 Å². The van der Waals surface area contributed by atoms with E-state index < -0.39 is 0 Å². The fraction of sp³-hybridized carbons (Fsp3) is 0.462. The van der Waals surface area contributed by atoms with Crippen molar-refractivity contribution < 1.29 is 0 Å². The van der Waals surface area contributed by atoms with Gasteiger partial charge in [-0.15, -0.1) is 0 Å². The number of benzene rings is 1. The Kier molecular flexibility index (Phi) is 13.5. The molecule has 0 nitrogen and oxygen atoms in total. The second-order valence-electron chi connectivity index (χ2n) is 7.93. The lowest BCUT2D eigenvalue weighted by Crippen LogP contribution is -1.97. The molecular formula is C26H38BrP. The molecule has 0 saturated carbocycles. The number of halogens is 1. The van der Waals surface area contributed by atoms with Gasteiger partial charge in [-0.1, -0.05) is 92.4 Å². The second-order valence-corrected chi connectivity index (χ2v) is 12.1. The van der Waals surface area contributed by atoms with Crippen molar-refractivity contribution >= 4 is 27.4 Å². The Balaban J connectivity index is 2.28. The summed E-state index contributed by atoms with van der Waals surface area (Å²) in [5, 5.41) is 1.42. The van der Waals surface area contributed by atoms with Crippen LogP contribution < -0.4 is 5.30 Å². The molecule has 2 heteroatoms. The van der Waals surface area contributed by atoms with Gasteiger partial charge in [0.15, 0.2) is 0 Å². The molecule has 0 aliphatic carbocycles. The predicted molar refractivity (Wildman–Crippen MR) is 135 cm³/mol. The lowest BCUT2D eigenvalue weighted by molar-refractivity contribution is 0.899. The van der Waals surface area contributed by atoms with Crippen LogP contribution in [0.5, 0.6) is 0 Å². The van der Waals surface area contributed by atoms with Crippen molar-refractivity contribution in [2.24, 2.45) is 0 Å². The largest absolute Gasteiger partial charge is 0.0856 e. The molecule has 0 bridgehead atoms. The maximum Gasteiger partial charge on any atom is -0.000317 e. The Labute approximate surface area is 183 Å². The van der Waals surface area contributed by atoms with Crippen molar-refractivity contribution in [1.82, 2.24) is 0 Å². The van der Waals surface area contributed by atoms with Crippen LogP contribution in [0, 0.1) is 0 Å². The zero-order valence-electron chi connectivity index (χ0n) is 18.5. The normalized spacial score (nSPS) is 14.1. The maximum absolute atomic E-state index is 3.87. The molecule has 0 heterocycles. The minimum absolute atomic E-state index is 0.248. The SMILES string of the molecule is CC(C)=CCC/C(C)=C/CC/C(C)=C/CC/C(C)=C/CP(Br)c1ccccc1. The zero-order chi connectivity index (χ0) is 20.8. The number of hydrogen-bond donors (Lipinski definition) is 0. The number of hydrogen-bond acceptors (Lipinski definition) is 0. The average Bonchev–Trinajstić information content (AvgIpc) is 2.66. The van der Waals surface area contributed by atoms with E-state index in [0.717, 1.165) is 12.6 Å². The van der Waals surface area contributed by atoms with Gasteiger partial charge < -0.3 is 0 Å². The molecule has 0 radical (unpaired) electrons. The summed E-state index contributed by atoms with van der Waals surface area (Å²) in [5.41, 5.74) is 5.97. The van der Waals surface area contributed by atoms with Gasteiger partial charge in [-0.05, 0) is 91.2 Å². The number of allylic oxidation sites excluding steroid dienone is 8. The molecular weight excluding hydrogens is 423 g/mol. The molecule has 0 aliphatic rings. The van der Waals surface area contributed by atoms with E-state index in [1.165, 1.54) is 59.7 Å². The fourth-order valence-electron chi connectivity index (χ4n) is 2.92. The first kappa shape index (κ1) is 25.1. The summed E-state index contributed by atoms with van der Waals surface area (Å²) in [6, 6.07) is 10.8. The Bertz CT molecular complexity index is 676. The molecule has 1 rings (SSSR count). The number of rotatable bonds is 12. The lowest BCUT2D eigenvalue weighted by Gasteiger charge is -2.08. The van der Waals surface area contributed by atoms with E-state index in [2.05, 4.69) is 105 Å². The molecule has 0 aromatic heterocycles. The summed E-state index contributed by atoms with van der Waals surface area (Å²) in [6.45, 7) is 10.9. The first-order valence-electron chi connectivity index (χ1n) is 10.5. The third-order valence-electron chi connectivity index (χ3n) is 4.79.